The van der Waals surface area contributed by atoms with Crippen molar-refractivity contribution in [1.82, 2.24) is 10.2 Å². The van der Waals surface area contributed by atoms with Gasteiger partial charge in [0.15, 0.2) is 0 Å². The van der Waals surface area contributed by atoms with Crippen molar-refractivity contribution in [1.29, 1.82) is 0 Å². The number of ether oxygens (including phenoxy) is 1. The minimum Gasteiger partial charge on any atom is -0.410 e. The van der Waals surface area contributed by atoms with Crippen LogP contribution in [0.5, 0.6) is 5.75 Å². The van der Waals surface area contributed by atoms with Crippen LogP contribution in [0.3, 0.4) is 0 Å². The van der Waals surface area contributed by atoms with Gasteiger partial charge in [-0.15, -0.1) is 5.92 Å². The van der Waals surface area contributed by atoms with Crippen molar-refractivity contribution in [3.8, 4) is 17.6 Å². The van der Waals surface area contributed by atoms with E-state index in [1.165, 1.54) is 11.1 Å². The number of hydrogen-bond donors (Lipinski definition) is 2. The molecule has 0 aliphatic heterocycles. The molecule has 0 bridgehead atoms. The Morgan fingerprint density at radius 2 is 2.17 bits per heavy atom. The normalized spacial score (nSPS) is 28.0. The lowest BCUT2D eigenvalue weighted by Gasteiger charge is -2.52. The summed E-state index contributed by atoms with van der Waals surface area (Å²) in [5.41, 5.74) is 1.88. The summed E-state index contributed by atoms with van der Waals surface area (Å²) in [6.07, 6.45) is 5.01. The number of hydrogen-bond acceptors (Lipinski definition) is 4. The molecule has 1 aromatic rings. The predicted octanol–water partition coefficient (Wildman–Crippen LogP) is 3.49. The average molecular weight is 399 g/mol. The van der Waals surface area contributed by atoms with Crippen LogP contribution >= 0.6 is 0 Å². The van der Waals surface area contributed by atoms with Crippen molar-refractivity contribution >= 4 is 6.09 Å². The Hall–Kier alpha value is -2.03. The van der Waals surface area contributed by atoms with Crippen LogP contribution in [0.1, 0.15) is 57.1 Å². The highest BCUT2D eigenvalue weighted by atomic mass is 16.6. The van der Waals surface area contributed by atoms with Crippen LogP contribution in [-0.2, 0) is 11.8 Å². The standard InChI is InChI=1S/C24H34N2O3/c1-5-11-23(28)12-13-24(6-2)19(17-23)8-7-18-16-20(9-10-21(18)24)29-22(27)25-14-15-26(3)4/h9-10,16,19,28H,6-8,12-15,17H2,1-4H3,(H,25,27)/t19-,23-,24-/m1/s1. The summed E-state index contributed by atoms with van der Waals surface area (Å²) in [6.45, 7) is 5.38. The number of likely N-dealkylation sites (N-methyl/N-ethyl adjacent to an activating group) is 1. The number of nitrogens with one attached hydrogen (secondary N) is 1. The Kier molecular flexibility index (Phi) is 6.55. The van der Waals surface area contributed by atoms with E-state index in [4.69, 9.17) is 4.74 Å². The molecule has 1 saturated carbocycles. The van der Waals surface area contributed by atoms with Gasteiger partial charge in [-0.05, 0) is 94.1 Å². The van der Waals surface area contributed by atoms with Gasteiger partial charge in [-0.1, -0.05) is 18.9 Å². The summed E-state index contributed by atoms with van der Waals surface area (Å²) in [5.74, 6) is 6.99. The minimum absolute atomic E-state index is 0.0851. The molecule has 1 amide bonds. The molecule has 1 aromatic carbocycles. The van der Waals surface area contributed by atoms with E-state index in [-0.39, 0.29) is 5.41 Å². The zero-order valence-electron chi connectivity index (χ0n) is 18.2. The summed E-state index contributed by atoms with van der Waals surface area (Å²) >= 11 is 0. The summed E-state index contributed by atoms with van der Waals surface area (Å²) in [7, 11) is 3.93. The molecule has 29 heavy (non-hydrogen) atoms. The lowest BCUT2D eigenvalue weighted by atomic mass is 9.53. The topological polar surface area (TPSA) is 61.8 Å². The zero-order valence-corrected chi connectivity index (χ0v) is 18.2. The van der Waals surface area contributed by atoms with Gasteiger partial charge in [-0.25, -0.2) is 4.79 Å². The van der Waals surface area contributed by atoms with E-state index in [9.17, 15) is 9.90 Å². The largest absolute Gasteiger partial charge is 0.412 e. The van der Waals surface area contributed by atoms with Crippen molar-refractivity contribution in [3.63, 3.8) is 0 Å². The van der Waals surface area contributed by atoms with Gasteiger partial charge >= 0.3 is 6.09 Å². The number of fused-ring (bicyclic) bond motifs is 3. The molecule has 2 aliphatic carbocycles. The molecular formula is C24H34N2O3. The van der Waals surface area contributed by atoms with Gasteiger partial charge in [0, 0.05) is 13.1 Å². The van der Waals surface area contributed by atoms with E-state index < -0.39 is 11.7 Å². The molecule has 0 spiro atoms. The van der Waals surface area contributed by atoms with E-state index in [2.05, 4.69) is 30.1 Å². The number of rotatable bonds is 5. The Balaban J connectivity index is 1.75. The highest BCUT2D eigenvalue weighted by Gasteiger charge is 2.50. The predicted molar refractivity (Wildman–Crippen MR) is 115 cm³/mol. The molecule has 0 aromatic heterocycles. The SMILES string of the molecule is CC#C[C@@]1(O)CC[C@@]2(CC)c3ccc(OC(=O)NCCN(C)C)cc3CC[C@@H]2C1. The van der Waals surface area contributed by atoms with Crippen LogP contribution in [0, 0.1) is 17.8 Å². The molecule has 2 aliphatic rings. The fourth-order valence-corrected chi connectivity index (χ4v) is 5.25. The van der Waals surface area contributed by atoms with E-state index in [0.717, 1.165) is 38.6 Å². The molecular weight excluding hydrogens is 364 g/mol. The maximum Gasteiger partial charge on any atom is 0.412 e. The van der Waals surface area contributed by atoms with E-state index in [1.54, 1.807) is 6.92 Å². The monoisotopic (exact) mass is 398 g/mol. The Morgan fingerprint density at radius 3 is 2.86 bits per heavy atom. The van der Waals surface area contributed by atoms with Gasteiger partial charge < -0.3 is 20.1 Å². The van der Waals surface area contributed by atoms with Crippen molar-refractivity contribution in [2.24, 2.45) is 5.92 Å². The van der Waals surface area contributed by atoms with E-state index in [0.29, 0.717) is 24.6 Å². The van der Waals surface area contributed by atoms with Crippen molar-refractivity contribution < 1.29 is 14.6 Å². The minimum atomic E-state index is -0.844. The highest BCUT2D eigenvalue weighted by Crippen LogP contribution is 2.54. The van der Waals surface area contributed by atoms with Gasteiger partial charge in [-0.2, -0.15) is 0 Å². The summed E-state index contributed by atoms with van der Waals surface area (Å²) < 4.78 is 5.50. The third-order valence-corrected chi connectivity index (χ3v) is 6.75. The number of benzene rings is 1. The first-order valence-corrected chi connectivity index (χ1v) is 10.7. The van der Waals surface area contributed by atoms with Crippen LogP contribution in [0.2, 0.25) is 0 Å². The van der Waals surface area contributed by atoms with Crippen LogP contribution < -0.4 is 10.1 Å². The van der Waals surface area contributed by atoms with Crippen molar-refractivity contribution in [3.05, 3.63) is 29.3 Å². The van der Waals surface area contributed by atoms with Crippen molar-refractivity contribution in [2.45, 2.75) is 63.4 Å². The fraction of sp³-hybridized carbons (Fsp3) is 0.625. The van der Waals surface area contributed by atoms with Crippen molar-refractivity contribution in [2.75, 3.05) is 27.2 Å². The molecule has 0 unspecified atom stereocenters. The fourth-order valence-electron chi connectivity index (χ4n) is 5.25. The summed E-state index contributed by atoms with van der Waals surface area (Å²) in [5, 5.41) is 13.7. The lowest BCUT2D eigenvalue weighted by molar-refractivity contribution is -0.00925. The van der Waals surface area contributed by atoms with Crippen LogP contribution in [0.25, 0.3) is 0 Å². The molecule has 0 heterocycles. The number of carbonyl (C=O) groups excluding carboxylic acids is 1. The first kappa shape index (κ1) is 21.7. The lowest BCUT2D eigenvalue weighted by Crippen LogP contribution is -2.49. The number of amides is 1. The first-order valence-electron chi connectivity index (χ1n) is 10.7. The Bertz CT molecular complexity index is 810. The van der Waals surface area contributed by atoms with Crippen LogP contribution in [0.15, 0.2) is 18.2 Å². The molecule has 2 N–H and O–H groups in total. The molecule has 3 atom stereocenters. The molecule has 0 radical (unpaired) electrons. The number of nitrogens with zero attached hydrogens (tertiary/aromatic N) is 1. The Morgan fingerprint density at radius 1 is 1.38 bits per heavy atom. The smallest absolute Gasteiger partial charge is 0.410 e. The molecule has 1 fully saturated rings. The quantitative estimate of drug-likeness (QED) is 0.746. The zero-order chi connectivity index (χ0) is 21.1. The third-order valence-electron chi connectivity index (χ3n) is 6.75. The molecule has 5 heteroatoms. The Labute approximate surface area is 174 Å². The second kappa shape index (κ2) is 8.77. The van der Waals surface area contributed by atoms with Gasteiger partial charge in [0.05, 0.1) is 0 Å². The number of aryl methyl sites for hydroxylation is 1. The number of carbonyl (C=O) groups is 1. The molecule has 3 rings (SSSR count). The van der Waals surface area contributed by atoms with Gasteiger partial charge in [-0.3, -0.25) is 0 Å². The van der Waals surface area contributed by atoms with E-state index >= 15 is 0 Å². The van der Waals surface area contributed by atoms with Crippen LogP contribution in [-0.4, -0.2) is 48.9 Å². The second-order valence-corrected chi connectivity index (χ2v) is 8.79. The maximum absolute atomic E-state index is 12.0. The van der Waals surface area contributed by atoms with Crippen LogP contribution in [0.4, 0.5) is 4.79 Å². The van der Waals surface area contributed by atoms with Gasteiger partial charge in [0.2, 0.25) is 0 Å². The highest BCUT2D eigenvalue weighted by molar-refractivity contribution is 5.70. The summed E-state index contributed by atoms with van der Waals surface area (Å²) in [6, 6.07) is 6.08. The summed E-state index contributed by atoms with van der Waals surface area (Å²) in [4.78, 5) is 14.1. The van der Waals surface area contributed by atoms with Gasteiger partial charge in [0.25, 0.3) is 0 Å². The van der Waals surface area contributed by atoms with E-state index in [1.807, 2.05) is 31.1 Å². The second-order valence-electron chi connectivity index (χ2n) is 8.79. The van der Waals surface area contributed by atoms with Gasteiger partial charge in [0.1, 0.15) is 11.4 Å². The third kappa shape index (κ3) is 4.60. The maximum atomic E-state index is 12.0. The average Bonchev–Trinajstić information content (AvgIpc) is 2.67. The first-order chi connectivity index (χ1) is 13.8. The molecule has 158 valence electrons. The number of aliphatic hydroxyl groups is 1. The molecule has 0 saturated heterocycles. The molecule has 5 nitrogen and oxygen atoms in total.